The Morgan fingerprint density at radius 3 is 2.22 bits per heavy atom. The lowest BCUT2D eigenvalue weighted by Crippen LogP contribution is -2.09. The molecule has 0 atom stereocenters. The number of ketones is 1. The summed E-state index contributed by atoms with van der Waals surface area (Å²) in [4.78, 5) is 22.4. The number of ether oxygens (including phenoxy) is 1. The van der Waals surface area contributed by atoms with Gasteiger partial charge in [-0.25, -0.2) is 13.2 Å². The summed E-state index contributed by atoms with van der Waals surface area (Å²) in [6.07, 6.45) is 2.50. The third-order valence-corrected chi connectivity index (χ3v) is 3.18. The van der Waals surface area contributed by atoms with E-state index < -0.39 is 15.8 Å². The molecule has 18 heavy (non-hydrogen) atoms. The average molecular weight is 276 g/mol. The Labute approximate surface area is 108 Å². The van der Waals surface area contributed by atoms with Crippen molar-refractivity contribution in [1.29, 1.82) is 0 Å². The molecule has 0 radical (unpaired) electrons. The van der Waals surface area contributed by atoms with Crippen LogP contribution in [-0.4, -0.2) is 38.8 Å². The summed E-state index contributed by atoms with van der Waals surface area (Å²) < 4.78 is 26.5. The van der Waals surface area contributed by atoms with Gasteiger partial charge in [-0.15, -0.1) is 0 Å². The highest BCUT2D eigenvalue weighted by molar-refractivity contribution is 7.90. The summed E-state index contributed by atoms with van der Waals surface area (Å²) in [6, 6.07) is 0. The van der Waals surface area contributed by atoms with E-state index in [-0.39, 0.29) is 24.6 Å². The van der Waals surface area contributed by atoms with Crippen LogP contribution in [0, 0.1) is 0 Å². The van der Waals surface area contributed by atoms with E-state index in [1.165, 1.54) is 0 Å². The van der Waals surface area contributed by atoms with Crippen LogP contribution in [0.5, 0.6) is 0 Å². The smallest absolute Gasteiger partial charge is 0.333 e. The lowest BCUT2D eigenvalue weighted by atomic mass is 10.1. The van der Waals surface area contributed by atoms with Crippen molar-refractivity contribution in [1.82, 2.24) is 0 Å². The second kappa shape index (κ2) is 8.02. The van der Waals surface area contributed by atoms with Crippen LogP contribution in [0.2, 0.25) is 0 Å². The number of carbonyl (C=O) groups is 2. The SMILES string of the molecule is C=C(C)C(=O)OCCCC(=O)CCCS(C)(=O)=O. The maximum atomic E-state index is 11.4. The molecule has 6 heteroatoms. The molecule has 0 aromatic carbocycles. The van der Waals surface area contributed by atoms with Crippen LogP contribution >= 0.6 is 0 Å². The van der Waals surface area contributed by atoms with E-state index in [1.807, 2.05) is 0 Å². The molecule has 0 fully saturated rings. The molecular weight excluding hydrogens is 256 g/mol. The number of sulfone groups is 1. The van der Waals surface area contributed by atoms with Gasteiger partial charge in [-0.05, 0) is 19.8 Å². The monoisotopic (exact) mass is 276 g/mol. The quantitative estimate of drug-likeness (QED) is 0.360. The van der Waals surface area contributed by atoms with Crippen molar-refractivity contribution in [2.75, 3.05) is 18.6 Å². The number of carbonyl (C=O) groups excluding carboxylic acids is 2. The van der Waals surface area contributed by atoms with Crippen molar-refractivity contribution in [2.24, 2.45) is 0 Å². The molecule has 0 saturated carbocycles. The molecule has 0 amide bonds. The van der Waals surface area contributed by atoms with E-state index >= 15 is 0 Å². The molecule has 104 valence electrons. The van der Waals surface area contributed by atoms with Crippen molar-refractivity contribution >= 4 is 21.6 Å². The van der Waals surface area contributed by atoms with E-state index in [1.54, 1.807) is 6.92 Å². The lowest BCUT2D eigenvalue weighted by molar-refractivity contribution is -0.139. The Morgan fingerprint density at radius 1 is 1.17 bits per heavy atom. The van der Waals surface area contributed by atoms with Crippen LogP contribution < -0.4 is 0 Å². The van der Waals surface area contributed by atoms with Crippen LogP contribution in [0.15, 0.2) is 12.2 Å². The minimum absolute atomic E-state index is 0.00924. The Bertz CT molecular complexity index is 408. The summed E-state index contributed by atoms with van der Waals surface area (Å²) in [5, 5.41) is 0. The molecular formula is C12H20O5S. The van der Waals surface area contributed by atoms with Gasteiger partial charge in [0.25, 0.3) is 0 Å². The van der Waals surface area contributed by atoms with Crippen LogP contribution in [0.25, 0.3) is 0 Å². The molecule has 0 saturated heterocycles. The van der Waals surface area contributed by atoms with Gasteiger partial charge in [0.05, 0.1) is 12.4 Å². The minimum atomic E-state index is -3.00. The van der Waals surface area contributed by atoms with Crippen LogP contribution in [0.3, 0.4) is 0 Å². The van der Waals surface area contributed by atoms with Crippen molar-refractivity contribution < 1.29 is 22.7 Å². The highest BCUT2D eigenvalue weighted by Crippen LogP contribution is 2.02. The summed E-state index contributed by atoms with van der Waals surface area (Å²) >= 11 is 0. The molecule has 0 aliphatic heterocycles. The van der Waals surface area contributed by atoms with Gasteiger partial charge in [-0.3, -0.25) is 4.79 Å². The van der Waals surface area contributed by atoms with Crippen LogP contribution in [-0.2, 0) is 24.2 Å². The third-order valence-electron chi connectivity index (χ3n) is 2.15. The van der Waals surface area contributed by atoms with Gasteiger partial charge in [-0.1, -0.05) is 6.58 Å². The predicted octanol–water partition coefficient (Wildman–Crippen LogP) is 1.28. The molecule has 5 nitrogen and oxygen atoms in total. The largest absolute Gasteiger partial charge is 0.462 e. The average Bonchev–Trinajstić information content (AvgIpc) is 2.22. The number of hydrogen-bond acceptors (Lipinski definition) is 5. The van der Waals surface area contributed by atoms with Gasteiger partial charge in [-0.2, -0.15) is 0 Å². The van der Waals surface area contributed by atoms with Gasteiger partial charge < -0.3 is 4.74 Å². The summed E-state index contributed by atoms with van der Waals surface area (Å²) in [7, 11) is -3.00. The second-order valence-corrected chi connectivity index (χ2v) is 6.55. The van der Waals surface area contributed by atoms with Crippen molar-refractivity contribution in [3.05, 3.63) is 12.2 Å². The molecule has 0 N–H and O–H groups in total. The fourth-order valence-electron chi connectivity index (χ4n) is 1.21. The van der Waals surface area contributed by atoms with E-state index in [4.69, 9.17) is 4.74 Å². The zero-order valence-corrected chi connectivity index (χ0v) is 11.7. The topological polar surface area (TPSA) is 77.5 Å². The molecule has 0 aliphatic rings. The van der Waals surface area contributed by atoms with E-state index in [0.717, 1.165) is 6.26 Å². The van der Waals surface area contributed by atoms with Gasteiger partial charge in [0.15, 0.2) is 0 Å². The molecule has 0 spiro atoms. The first kappa shape index (κ1) is 16.8. The normalized spacial score (nSPS) is 11.0. The number of Topliss-reactive ketones (excluding diaryl/α,β-unsaturated/α-hetero) is 1. The van der Waals surface area contributed by atoms with Crippen LogP contribution in [0.4, 0.5) is 0 Å². The maximum absolute atomic E-state index is 11.4. The Kier molecular flexibility index (Phi) is 7.50. The predicted molar refractivity (Wildman–Crippen MR) is 69.0 cm³/mol. The number of hydrogen-bond donors (Lipinski definition) is 0. The fraction of sp³-hybridized carbons (Fsp3) is 0.667. The first-order valence-electron chi connectivity index (χ1n) is 5.74. The standard InChI is InChI=1S/C12H20O5S/c1-10(2)12(14)17-8-4-6-11(13)7-5-9-18(3,15)16/h1,4-9H2,2-3H3. The molecule has 0 rings (SSSR count). The molecule has 0 aromatic heterocycles. The second-order valence-electron chi connectivity index (χ2n) is 4.29. The van der Waals surface area contributed by atoms with Gasteiger partial charge in [0.2, 0.25) is 0 Å². The number of rotatable bonds is 9. The van der Waals surface area contributed by atoms with E-state index in [2.05, 4.69) is 6.58 Å². The highest BCUT2D eigenvalue weighted by Gasteiger charge is 2.07. The first-order valence-corrected chi connectivity index (χ1v) is 7.80. The zero-order valence-electron chi connectivity index (χ0n) is 10.9. The van der Waals surface area contributed by atoms with E-state index in [9.17, 15) is 18.0 Å². The summed E-state index contributed by atoms with van der Waals surface area (Å²) in [5.41, 5.74) is 0.328. The van der Waals surface area contributed by atoms with Gasteiger partial charge >= 0.3 is 5.97 Å². The fourth-order valence-corrected chi connectivity index (χ4v) is 1.88. The van der Waals surface area contributed by atoms with Crippen molar-refractivity contribution in [3.8, 4) is 0 Å². The van der Waals surface area contributed by atoms with Crippen LogP contribution in [0.1, 0.15) is 32.6 Å². The van der Waals surface area contributed by atoms with E-state index in [0.29, 0.717) is 24.8 Å². The minimum Gasteiger partial charge on any atom is -0.462 e. The number of esters is 1. The molecule has 0 heterocycles. The third kappa shape index (κ3) is 10.0. The van der Waals surface area contributed by atoms with Gasteiger partial charge in [0, 0.05) is 24.7 Å². The lowest BCUT2D eigenvalue weighted by Gasteiger charge is -2.03. The Morgan fingerprint density at radius 2 is 1.72 bits per heavy atom. The Balaban J connectivity index is 3.60. The molecule has 0 aliphatic carbocycles. The van der Waals surface area contributed by atoms with Crippen molar-refractivity contribution in [3.63, 3.8) is 0 Å². The molecule has 0 bridgehead atoms. The first-order chi connectivity index (χ1) is 8.22. The summed E-state index contributed by atoms with van der Waals surface area (Å²) in [5.74, 6) is -0.437. The molecule has 0 unspecified atom stereocenters. The highest BCUT2D eigenvalue weighted by atomic mass is 32.2. The molecule has 0 aromatic rings. The zero-order chi connectivity index (χ0) is 14.2. The Hall–Kier alpha value is -1.17. The summed E-state index contributed by atoms with van der Waals surface area (Å²) in [6.45, 7) is 5.17. The maximum Gasteiger partial charge on any atom is 0.333 e. The van der Waals surface area contributed by atoms with Gasteiger partial charge in [0.1, 0.15) is 15.6 Å². The van der Waals surface area contributed by atoms with Crippen molar-refractivity contribution in [2.45, 2.75) is 32.6 Å².